The highest BCUT2D eigenvalue weighted by Crippen LogP contribution is 2.20. The zero-order valence-corrected chi connectivity index (χ0v) is 11.7. The highest BCUT2D eigenvalue weighted by atomic mass is 16.5. The summed E-state index contributed by atoms with van der Waals surface area (Å²) in [6.45, 7) is 4.96. The first-order chi connectivity index (χ1) is 8.97. The molecule has 0 saturated carbocycles. The topological polar surface area (TPSA) is 68.5 Å². The maximum atomic E-state index is 11.3. The minimum atomic E-state index is -0.537. The van der Waals surface area contributed by atoms with Crippen LogP contribution in [0.5, 0.6) is 0 Å². The molecule has 1 N–H and O–H groups in total. The quantitative estimate of drug-likeness (QED) is 0.768. The second-order valence-corrected chi connectivity index (χ2v) is 4.67. The largest absolute Gasteiger partial charge is 0.469 e. The number of carbonyl (C=O) groups excluding carboxylic acids is 2. The normalized spacial score (nSPS) is 13.6. The average molecular weight is 267 g/mol. The summed E-state index contributed by atoms with van der Waals surface area (Å²) >= 11 is 0. The molecule has 0 aliphatic rings. The predicted octanol–water partition coefficient (Wildman–Crippen LogP) is 2.06. The first-order valence-electron chi connectivity index (χ1n) is 6.42. The summed E-state index contributed by atoms with van der Waals surface area (Å²) in [5, 5.41) is 2.90. The van der Waals surface area contributed by atoms with Gasteiger partial charge in [0.1, 0.15) is 12.4 Å². The van der Waals surface area contributed by atoms with E-state index in [1.807, 2.05) is 19.1 Å². The van der Waals surface area contributed by atoms with Crippen LogP contribution in [0.15, 0.2) is 22.8 Å². The average Bonchev–Trinajstić information content (AvgIpc) is 2.85. The molecule has 19 heavy (non-hydrogen) atoms. The van der Waals surface area contributed by atoms with Crippen LogP contribution in [-0.2, 0) is 20.7 Å². The van der Waals surface area contributed by atoms with Gasteiger partial charge in [0.2, 0.25) is 5.91 Å². The van der Waals surface area contributed by atoms with Gasteiger partial charge in [0.25, 0.3) is 0 Å². The number of carbonyl (C=O) groups is 2. The molecule has 0 saturated heterocycles. The molecule has 1 amide bonds. The van der Waals surface area contributed by atoms with Crippen molar-refractivity contribution in [1.82, 2.24) is 5.32 Å². The highest BCUT2D eigenvalue weighted by molar-refractivity contribution is 5.74. The molecule has 106 valence electrons. The Kier molecular flexibility index (Phi) is 5.60. The summed E-state index contributed by atoms with van der Waals surface area (Å²) in [5.74, 6) is 0.376. The third kappa shape index (κ3) is 5.16. The fraction of sp³-hybridized carbons (Fsp3) is 0.571. The van der Waals surface area contributed by atoms with E-state index in [1.54, 1.807) is 6.26 Å². The van der Waals surface area contributed by atoms with Crippen molar-refractivity contribution in [2.45, 2.75) is 45.6 Å². The molecule has 1 rings (SSSR count). The molecule has 1 atom stereocenters. The molecular formula is C14H21NO4. The minimum Gasteiger partial charge on any atom is -0.469 e. The molecular weight excluding hydrogens is 246 g/mol. The van der Waals surface area contributed by atoms with Crippen molar-refractivity contribution < 1.29 is 18.7 Å². The molecule has 5 heteroatoms. The molecule has 0 fully saturated rings. The van der Waals surface area contributed by atoms with Gasteiger partial charge in [0.05, 0.1) is 11.8 Å². The molecule has 0 radical (unpaired) electrons. The number of aryl methyl sites for hydroxylation is 1. The number of nitrogens with one attached hydrogen (secondary N) is 1. The van der Waals surface area contributed by atoms with Crippen LogP contribution in [0, 0.1) is 0 Å². The van der Waals surface area contributed by atoms with Gasteiger partial charge >= 0.3 is 5.97 Å². The van der Waals surface area contributed by atoms with E-state index in [9.17, 15) is 9.59 Å². The molecule has 0 spiro atoms. The fourth-order valence-corrected chi connectivity index (χ4v) is 1.97. The summed E-state index contributed by atoms with van der Waals surface area (Å²) < 4.78 is 10.4. The van der Waals surface area contributed by atoms with Crippen molar-refractivity contribution in [1.29, 1.82) is 0 Å². The van der Waals surface area contributed by atoms with Crippen LogP contribution in [0.3, 0.4) is 0 Å². The van der Waals surface area contributed by atoms with Gasteiger partial charge in [0, 0.05) is 20.3 Å². The molecule has 1 heterocycles. The molecule has 5 nitrogen and oxygen atoms in total. The molecule has 0 aliphatic carbocycles. The van der Waals surface area contributed by atoms with Crippen molar-refractivity contribution in [3.8, 4) is 0 Å². The van der Waals surface area contributed by atoms with E-state index in [0.29, 0.717) is 19.3 Å². The molecule has 1 aromatic heterocycles. The van der Waals surface area contributed by atoms with Crippen molar-refractivity contribution >= 4 is 11.9 Å². The number of ether oxygens (including phenoxy) is 1. The van der Waals surface area contributed by atoms with Crippen LogP contribution in [0.1, 0.15) is 39.4 Å². The van der Waals surface area contributed by atoms with Gasteiger partial charge in [-0.2, -0.15) is 0 Å². The van der Waals surface area contributed by atoms with E-state index >= 15 is 0 Å². The Morgan fingerprint density at radius 1 is 1.42 bits per heavy atom. The Labute approximate surface area is 113 Å². The molecule has 0 aromatic carbocycles. The van der Waals surface area contributed by atoms with E-state index in [1.165, 1.54) is 13.8 Å². The lowest BCUT2D eigenvalue weighted by molar-refractivity contribution is -0.144. The van der Waals surface area contributed by atoms with Gasteiger partial charge in [-0.3, -0.25) is 9.59 Å². The first-order valence-corrected chi connectivity index (χ1v) is 6.42. The highest BCUT2D eigenvalue weighted by Gasteiger charge is 2.30. The lowest BCUT2D eigenvalue weighted by atomic mass is 9.90. The summed E-state index contributed by atoms with van der Waals surface area (Å²) in [6.07, 6.45) is 3.64. The standard InChI is InChI=1S/C14H21NO4/c1-4-14(15-11(2)16,10-19-12(3)17)8-7-13-6-5-9-18-13/h5-6,9H,4,7-8,10H2,1-3H3,(H,15,16)/t14-/m1/s1. The van der Waals surface area contributed by atoms with Crippen LogP contribution in [0.2, 0.25) is 0 Å². The van der Waals surface area contributed by atoms with E-state index in [4.69, 9.17) is 9.15 Å². The summed E-state index contributed by atoms with van der Waals surface area (Å²) in [6, 6.07) is 3.72. The summed E-state index contributed by atoms with van der Waals surface area (Å²) in [4.78, 5) is 22.3. The number of hydrogen-bond donors (Lipinski definition) is 1. The molecule has 0 aliphatic heterocycles. The van der Waals surface area contributed by atoms with Crippen molar-refractivity contribution in [3.63, 3.8) is 0 Å². The monoisotopic (exact) mass is 267 g/mol. The van der Waals surface area contributed by atoms with Crippen LogP contribution < -0.4 is 5.32 Å². The van der Waals surface area contributed by atoms with E-state index in [0.717, 1.165) is 5.76 Å². The fourth-order valence-electron chi connectivity index (χ4n) is 1.97. The van der Waals surface area contributed by atoms with Crippen LogP contribution in [0.25, 0.3) is 0 Å². The second-order valence-electron chi connectivity index (χ2n) is 4.67. The third-order valence-corrected chi connectivity index (χ3v) is 3.10. The molecule has 1 aromatic rings. The Hall–Kier alpha value is -1.78. The molecule has 0 bridgehead atoms. The van der Waals surface area contributed by atoms with Crippen molar-refractivity contribution in [2.24, 2.45) is 0 Å². The Morgan fingerprint density at radius 3 is 2.63 bits per heavy atom. The van der Waals surface area contributed by atoms with E-state index in [-0.39, 0.29) is 18.5 Å². The lowest BCUT2D eigenvalue weighted by Crippen LogP contribution is -2.51. The van der Waals surface area contributed by atoms with Gasteiger partial charge in [-0.1, -0.05) is 6.92 Å². The van der Waals surface area contributed by atoms with Gasteiger partial charge in [-0.25, -0.2) is 0 Å². The Morgan fingerprint density at radius 2 is 2.16 bits per heavy atom. The van der Waals surface area contributed by atoms with Crippen LogP contribution in [0.4, 0.5) is 0 Å². The minimum absolute atomic E-state index is 0.131. The number of hydrogen-bond acceptors (Lipinski definition) is 4. The van der Waals surface area contributed by atoms with Crippen LogP contribution in [-0.4, -0.2) is 24.0 Å². The maximum Gasteiger partial charge on any atom is 0.302 e. The zero-order valence-electron chi connectivity index (χ0n) is 11.7. The number of furan rings is 1. The van der Waals surface area contributed by atoms with Crippen molar-refractivity contribution in [3.05, 3.63) is 24.2 Å². The Bertz CT molecular complexity index is 413. The number of amides is 1. The zero-order chi connectivity index (χ0) is 14.3. The van der Waals surface area contributed by atoms with Gasteiger partial charge in [-0.15, -0.1) is 0 Å². The maximum absolute atomic E-state index is 11.3. The number of rotatable bonds is 7. The van der Waals surface area contributed by atoms with Gasteiger partial charge in [0.15, 0.2) is 0 Å². The van der Waals surface area contributed by atoms with E-state index < -0.39 is 5.54 Å². The first kappa shape index (κ1) is 15.3. The lowest BCUT2D eigenvalue weighted by Gasteiger charge is -2.32. The molecule has 0 unspecified atom stereocenters. The van der Waals surface area contributed by atoms with Gasteiger partial charge < -0.3 is 14.5 Å². The number of esters is 1. The smallest absolute Gasteiger partial charge is 0.302 e. The second kappa shape index (κ2) is 6.97. The SMILES string of the molecule is CC[C@@](CCc1ccco1)(COC(C)=O)NC(C)=O. The van der Waals surface area contributed by atoms with E-state index in [2.05, 4.69) is 5.32 Å². The summed E-state index contributed by atoms with van der Waals surface area (Å²) in [7, 11) is 0. The Balaban J connectivity index is 2.70. The van der Waals surface area contributed by atoms with Gasteiger partial charge in [-0.05, 0) is 25.0 Å². The predicted molar refractivity (Wildman–Crippen MR) is 70.5 cm³/mol. The van der Waals surface area contributed by atoms with Crippen molar-refractivity contribution in [2.75, 3.05) is 6.61 Å². The third-order valence-electron chi connectivity index (χ3n) is 3.10. The summed E-state index contributed by atoms with van der Waals surface area (Å²) in [5.41, 5.74) is -0.537. The van der Waals surface area contributed by atoms with Crippen LogP contribution >= 0.6 is 0 Å².